The molecule has 0 aliphatic carbocycles. The Morgan fingerprint density at radius 3 is 2.61 bits per heavy atom. The number of carbonyl (C=O) groups excluding carboxylic acids is 2. The molecule has 5 nitrogen and oxygen atoms in total. The molecule has 0 spiro atoms. The lowest BCUT2D eigenvalue weighted by Gasteiger charge is -2.24. The third-order valence-corrected chi connectivity index (χ3v) is 4.00. The fourth-order valence-corrected chi connectivity index (χ4v) is 2.65. The van der Waals surface area contributed by atoms with Crippen molar-refractivity contribution in [2.45, 2.75) is 6.42 Å². The molecule has 2 N–H and O–H groups in total. The fraction of sp³-hybridized carbons (Fsp3) is 0.176. The van der Waals surface area contributed by atoms with E-state index >= 15 is 0 Å². The first kappa shape index (κ1) is 15.4. The molecule has 3 rings (SSSR count). The molecule has 1 unspecified atom stereocenters. The van der Waals surface area contributed by atoms with Crippen molar-refractivity contribution in [3.8, 4) is 5.75 Å². The van der Waals surface area contributed by atoms with Crippen LogP contribution in [0, 0.1) is 5.92 Å². The lowest BCUT2D eigenvalue weighted by Crippen LogP contribution is -2.47. The van der Waals surface area contributed by atoms with Gasteiger partial charge in [0.25, 0.3) is 5.91 Å². The van der Waals surface area contributed by atoms with Gasteiger partial charge in [0, 0.05) is 0 Å². The molecule has 0 bridgehead atoms. The highest BCUT2D eigenvalue weighted by molar-refractivity contribution is 6.33. The molecule has 0 saturated heterocycles. The molecular weight excluding hydrogens is 316 g/mol. The minimum absolute atomic E-state index is 0.283. The van der Waals surface area contributed by atoms with Crippen LogP contribution in [0.3, 0.4) is 0 Å². The van der Waals surface area contributed by atoms with Gasteiger partial charge in [-0.25, -0.2) is 0 Å². The monoisotopic (exact) mass is 330 g/mol. The van der Waals surface area contributed by atoms with Gasteiger partial charge in [0.1, 0.15) is 12.4 Å². The van der Waals surface area contributed by atoms with Gasteiger partial charge in [-0.1, -0.05) is 41.9 Å². The molecule has 0 fully saturated rings. The number of para-hydroxylation sites is 1. The van der Waals surface area contributed by atoms with Gasteiger partial charge >= 0.3 is 0 Å². The molecule has 23 heavy (non-hydrogen) atoms. The molecule has 118 valence electrons. The van der Waals surface area contributed by atoms with E-state index in [0.717, 1.165) is 11.3 Å². The SMILES string of the molecule is O=C(NNC(=O)C1COc2ccccc2C1)c1ccccc1Cl. The lowest BCUT2D eigenvalue weighted by atomic mass is 9.96. The van der Waals surface area contributed by atoms with Crippen molar-refractivity contribution in [1.29, 1.82) is 0 Å². The Labute approximate surface area is 138 Å². The Kier molecular flexibility index (Phi) is 4.48. The third-order valence-electron chi connectivity index (χ3n) is 3.67. The van der Waals surface area contributed by atoms with E-state index in [-0.39, 0.29) is 18.4 Å². The van der Waals surface area contributed by atoms with Crippen LogP contribution in [0.4, 0.5) is 0 Å². The van der Waals surface area contributed by atoms with Gasteiger partial charge in [-0.15, -0.1) is 0 Å². The molecular formula is C17H15ClN2O3. The lowest BCUT2D eigenvalue weighted by molar-refractivity contribution is -0.127. The largest absolute Gasteiger partial charge is 0.492 e. The van der Waals surface area contributed by atoms with Gasteiger partial charge in [-0.3, -0.25) is 20.4 Å². The molecule has 0 aromatic heterocycles. The predicted octanol–water partition coefficient (Wildman–Crippen LogP) is 2.35. The van der Waals surface area contributed by atoms with Gasteiger partial charge < -0.3 is 4.74 Å². The van der Waals surface area contributed by atoms with Crippen LogP contribution < -0.4 is 15.6 Å². The summed E-state index contributed by atoms with van der Waals surface area (Å²) >= 11 is 5.95. The predicted molar refractivity (Wildman–Crippen MR) is 86.2 cm³/mol. The summed E-state index contributed by atoms with van der Waals surface area (Å²) in [4.78, 5) is 24.2. The topological polar surface area (TPSA) is 67.4 Å². The highest BCUT2D eigenvalue weighted by Gasteiger charge is 2.26. The molecule has 0 saturated carbocycles. The number of ether oxygens (including phenoxy) is 1. The van der Waals surface area contributed by atoms with Gasteiger partial charge in [0.05, 0.1) is 16.5 Å². The van der Waals surface area contributed by atoms with Crippen molar-refractivity contribution in [1.82, 2.24) is 10.9 Å². The highest BCUT2D eigenvalue weighted by Crippen LogP contribution is 2.26. The Hall–Kier alpha value is -2.53. The first-order valence-electron chi connectivity index (χ1n) is 7.20. The van der Waals surface area contributed by atoms with Crippen molar-refractivity contribution in [3.63, 3.8) is 0 Å². The molecule has 2 aromatic carbocycles. The standard InChI is InChI=1S/C17H15ClN2O3/c18-14-7-3-2-6-13(14)17(22)20-19-16(21)12-9-11-5-1-4-8-15(11)23-10-12/h1-8,12H,9-10H2,(H,19,21)(H,20,22). The summed E-state index contributed by atoms with van der Waals surface area (Å²) < 4.78 is 5.57. The zero-order chi connectivity index (χ0) is 16.2. The zero-order valence-corrected chi connectivity index (χ0v) is 13.0. The minimum Gasteiger partial charge on any atom is -0.492 e. The molecule has 2 amide bonds. The maximum Gasteiger partial charge on any atom is 0.271 e. The Morgan fingerprint density at radius 2 is 1.78 bits per heavy atom. The molecule has 2 aromatic rings. The number of hydrogen-bond acceptors (Lipinski definition) is 3. The van der Waals surface area contributed by atoms with E-state index < -0.39 is 5.91 Å². The van der Waals surface area contributed by atoms with Crippen LogP contribution >= 0.6 is 11.6 Å². The molecule has 1 heterocycles. The molecule has 0 radical (unpaired) electrons. The van der Waals surface area contributed by atoms with E-state index in [2.05, 4.69) is 10.9 Å². The summed E-state index contributed by atoms with van der Waals surface area (Å²) in [5.41, 5.74) is 6.10. The summed E-state index contributed by atoms with van der Waals surface area (Å²) in [7, 11) is 0. The Morgan fingerprint density at radius 1 is 1.04 bits per heavy atom. The third kappa shape index (κ3) is 3.46. The summed E-state index contributed by atoms with van der Waals surface area (Å²) in [6.45, 7) is 0.283. The molecule has 1 aliphatic heterocycles. The first-order chi connectivity index (χ1) is 11.1. The van der Waals surface area contributed by atoms with Crippen molar-refractivity contribution in [2.75, 3.05) is 6.61 Å². The second-order valence-corrected chi connectivity index (χ2v) is 5.65. The molecule has 1 aliphatic rings. The van der Waals surface area contributed by atoms with E-state index in [4.69, 9.17) is 16.3 Å². The van der Waals surface area contributed by atoms with Gasteiger partial charge in [-0.2, -0.15) is 0 Å². The van der Waals surface area contributed by atoms with Gasteiger partial charge in [-0.05, 0) is 30.2 Å². The fourth-order valence-electron chi connectivity index (χ4n) is 2.43. The zero-order valence-electron chi connectivity index (χ0n) is 12.2. The Balaban J connectivity index is 1.58. The van der Waals surface area contributed by atoms with Crippen LogP contribution in [-0.2, 0) is 11.2 Å². The second-order valence-electron chi connectivity index (χ2n) is 5.24. The average Bonchev–Trinajstić information content (AvgIpc) is 2.59. The molecule has 1 atom stereocenters. The second kappa shape index (κ2) is 6.71. The number of halogens is 1. The summed E-state index contributed by atoms with van der Waals surface area (Å²) in [6.07, 6.45) is 0.573. The minimum atomic E-state index is -0.457. The van der Waals surface area contributed by atoms with Gasteiger partial charge in [0.15, 0.2) is 0 Å². The van der Waals surface area contributed by atoms with E-state index in [0.29, 0.717) is 17.0 Å². The summed E-state index contributed by atoms with van der Waals surface area (Å²) in [6, 6.07) is 14.2. The van der Waals surface area contributed by atoms with Crippen LogP contribution in [0.25, 0.3) is 0 Å². The van der Waals surface area contributed by atoms with Gasteiger partial charge in [0.2, 0.25) is 5.91 Å². The number of hydrogen-bond donors (Lipinski definition) is 2. The normalized spacial score (nSPS) is 16.0. The van der Waals surface area contributed by atoms with E-state index in [9.17, 15) is 9.59 Å². The number of amides is 2. The van der Waals surface area contributed by atoms with E-state index in [1.807, 2.05) is 24.3 Å². The first-order valence-corrected chi connectivity index (χ1v) is 7.58. The van der Waals surface area contributed by atoms with Crippen molar-refractivity contribution >= 4 is 23.4 Å². The van der Waals surface area contributed by atoms with E-state index in [1.54, 1.807) is 24.3 Å². The maximum absolute atomic E-state index is 12.2. The van der Waals surface area contributed by atoms with Crippen LogP contribution in [0.5, 0.6) is 5.75 Å². The van der Waals surface area contributed by atoms with Crippen LogP contribution in [0.15, 0.2) is 48.5 Å². The Bertz CT molecular complexity index is 748. The van der Waals surface area contributed by atoms with Crippen LogP contribution in [-0.4, -0.2) is 18.4 Å². The average molecular weight is 331 g/mol. The maximum atomic E-state index is 12.2. The van der Waals surface area contributed by atoms with E-state index in [1.165, 1.54) is 0 Å². The number of hydrazine groups is 1. The number of nitrogens with one attached hydrogen (secondary N) is 2. The van der Waals surface area contributed by atoms with Crippen molar-refractivity contribution in [2.24, 2.45) is 5.92 Å². The van der Waals surface area contributed by atoms with Crippen LogP contribution in [0.1, 0.15) is 15.9 Å². The van der Waals surface area contributed by atoms with Crippen molar-refractivity contribution in [3.05, 3.63) is 64.7 Å². The van der Waals surface area contributed by atoms with Crippen molar-refractivity contribution < 1.29 is 14.3 Å². The highest BCUT2D eigenvalue weighted by atomic mass is 35.5. The quantitative estimate of drug-likeness (QED) is 0.831. The number of fused-ring (bicyclic) bond motifs is 1. The molecule has 6 heteroatoms. The summed E-state index contributed by atoms with van der Waals surface area (Å²) in [5.74, 6) is -0.297. The van der Waals surface area contributed by atoms with Crippen LogP contribution in [0.2, 0.25) is 5.02 Å². The smallest absolute Gasteiger partial charge is 0.271 e. The number of benzene rings is 2. The number of carbonyl (C=O) groups is 2. The number of rotatable bonds is 2. The summed E-state index contributed by atoms with van der Waals surface area (Å²) in [5, 5.41) is 0.328.